The molecule has 41 heavy (non-hydrogen) atoms. The fourth-order valence-corrected chi connectivity index (χ4v) is 6.32. The summed E-state index contributed by atoms with van der Waals surface area (Å²) in [4.78, 5) is 18.3. The molecule has 0 radical (unpaired) electrons. The van der Waals surface area contributed by atoms with Crippen LogP contribution in [0.5, 0.6) is 5.75 Å². The molecule has 12 heteroatoms. The number of hydrogen-bond acceptors (Lipinski definition) is 9. The van der Waals surface area contributed by atoms with E-state index in [2.05, 4.69) is 10.1 Å². The smallest absolute Gasteiger partial charge is 0.280 e. The number of aryl methyl sites for hydroxylation is 1. The Hall–Kier alpha value is -4.62. The van der Waals surface area contributed by atoms with Gasteiger partial charge in [0, 0.05) is 31.5 Å². The lowest BCUT2D eigenvalue weighted by molar-refractivity contribution is 0.0987. The highest BCUT2D eigenvalue weighted by atomic mass is 32.2. The minimum absolute atomic E-state index is 0.00984. The molecule has 3 aromatic carbocycles. The van der Waals surface area contributed by atoms with Crippen molar-refractivity contribution in [2.75, 3.05) is 25.2 Å². The van der Waals surface area contributed by atoms with Crippen LogP contribution in [-0.2, 0) is 10.0 Å². The number of carbonyl (C=O) groups excluding carboxylic acids is 1. The number of sulfonamides is 1. The first-order valence-corrected chi connectivity index (χ1v) is 14.8. The van der Waals surface area contributed by atoms with E-state index in [9.17, 15) is 13.2 Å². The number of anilines is 1. The molecule has 10 nitrogen and oxygen atoms in total. The molecule has 0 aliphatic heterocycles. The molecule has 1 amide bonds. The van der Waals surface area contributed by atoms with Gasteiger partial charge in [-0.2, -0.15) is 24.9 Å². The largest absolute Gasteiger partial charge is 0.497 e. The molecule has 4 aromatic rings. The standard InChI is InChI=1S/C29H26N6O4S2/c1-21-5-14-26-27(19-21)40-29(33-26)35(32-20-22-6-10-24(39-2)11-7-22)28(36)23-8-12-25(13-9-23)41(37,38)34(17-3-15-30)18-4-16-31/h5-14,19-20H,3-4,17-18H2,1-2H3/b32-20+. The Labute approximate surface area is 242 Å². The molecular formula is C29H26N6O4S2. The quantitative estimate of drug-likeness (QED) is 0.176. The lowest BCUT2D eigenvalue weighted by atomic mass is 10.2. The van der Waals surface area contributed by atoms with Crippen molar-refractivity contribution in [3.8, 4) is 17.9 Å². The molecule has 0 unspecified atom stereocenters. The van der Waals surface area contributed by atoms with Crippen LogP contribution in [0.4, 0.5) is 5.13 Å². The summed E-state index contributed by atoms with van der Waals surface area (Å²) >= 11 is 1.32. The van der Waals surface area contributed by atoms with E-state index in [-0.39, 0.29) is 36.4 Å². The van der Waals surface area contributed by atoms with Gasteiger partial charge in [0.25, 0.3) is 5.91 Å². The third-order valence-electron chi connectivity index (χ3n) is 6.03. The van der Waals surface area contributed by atoms with E-state index >= 15 is 0 Å². The summed E-state index contributed by atoms with van der Waals surface area (Å²) in [5, 5.41) is 23.9. The summed E-state index contributed by atoms with van der Waals surface area (Å²) in [5.41, 5.74) is 2.72. The summed E-state index contributed by atoms with van der Waals surface area (Å²) in [6.45, 7) is 1.90. The molecule has 0 atom stereocenters. The second kappa shape index (κ2) is 13.2. The van der Waals surface area contributed by atoms with Crippen molar-refractivity contribution in [2.45, 2.75) is 24.7 Å². The fourth-order valence-electron chi connectivity index (χ4n) is 3.86. The minimum Gasteiger partial charge on any atom is -0.497 e. The van der Waals surface area contributed by atoms with E-state index in [1.165, 1.54) is 46.8 Å². The van der Waals surface area contributed by atoms with E-state index in [1.54, 1.807) is 31.4 Å². The number of methoxy groups -OCH3 is 1. The number of carbonyl (C=O) groups is 1. The van der Waals surface area contributed by atoms with Gasteiger partial charge in [0.2, 0.25) is 15.2 Å². The van der Waals surface area contributed by atoms with Crippen LogP contribution in [0.2, 0.25) is 0 Å². The average molecular weight is 587 g/mol. The highest BCUT2D eigenvalue weighted by Gasteiger charge is 2.26. The van der Waals surface area contributed by atoms with Crippen LogP contribution >= 0.6 is 11.3 Å². The van der Waals surface area contributed by atoms with Gasteiger partial charge in [0.15, 0.2) is 0 Å². The van der Waals surface area contributed by atoms with E-state index in [0.29, 0.717) is 10.9 Å². The Balaban J connectivity index is 1.67. The lowest BCUT2D eigenvalue weighted by Crippen LogP contribution is -2.33. The number of aromatic nitrogens is 1. The number of ether oxygens (including phenoxy) is 1. The lowest BCUT2D eigenvalue weighted by Gasteiger charge is -2.20. The Bertz CT molecular complexity index is 1730. The Morgan fingerprint density at radius 1 is 1.02 bits per heavy atom. The molecule has 4 rings (SSSR count). The second-order valence-electron chi connectivity index (χ2n) is 8.85. The van der Waals surface area contributed by atoms with Gasteiger partial charge in [-0.1, -0.05) is 17.4 Å². The molecule has 0 aliphatic rings. The zero-order valence-corrected chi connectivity index (χ0v) is 24.0. The van der Waals surface area contributed by atoms with E-state index in [0.717, 1.165) is 25.6 Å². The molecule has 1 heterocycles. The normalized spacial score (nSPS) is 11.4. The molecule has 0 spiro atoms. The first-order valence-electron chi connectivity index (χ1n) is 12.5. The van der Waals surface area contributed by atoms with Crippen molar-refractivity contribution in [2.24, 2.45) is 5.10 Å². The highest BCUT2D eigenvalue weighted by Crippen LogP contribution is 2.31. The van der Waals surface area contributed by atoms with Crippen molar-refractivity contribution in [3.63, 3.8) is 0 Å². The van der Waals surface area contributed by atoms with Crippen molar-refractivity contribution in [1.29, 1.82) is 10.5 Å². The number of benzene rings is 3. The number of nitrogens with zero attached hydrogens (tertiary/aromatic N) is 6. The zero-order valence-electron chi connectivity index (χ0n) is 22.4. The molecule has 0 N–H and O–H groups in total. The number of nitriles is 2. The van der Waals surface area contributed by atoms with Crippen LogP contribution in [0.25, 0.3) is 10.2 Å². The maximum Gasteiger partial charge on any atom is 0.280 e. The molecule has 1 aromatic heterocycles. The first-order chi connectivity index (χ1) is 19.8. The Morgan fingerprint density at radius 2 is 1.68 bits per heavy atom. The van der Waals surface area contributed by atoms with E-state index in [4.69, 9.17) is 15.3 Å². The second-order valence-corrected chi connectivity index (χ2v) is 11.8. The van der Waals surface area contributed by atoms with Crippen molar-refractivity contribution in [1.82, 2.24) is 9.29 Å². The maximum atomic E-state index is 13.7. The fraction of sp³-hybridized carbons (Fsp3) is 0.207. The molecular weight excluding hydrogens is 560 g/mol. The van der Waals surface area contributed by atoms with Crippen LogP contribution < -0.4 is 9.75 Å². The van der Waals surface area contributed by atoms with Crippen LogP contribution in [0.1, 0.15) is 34.3 Å². The SMILES string of the molecule is COc1ccc(/C=N/N(C(=O)c2ccc(S(=O)(=O)N(CCC#N)CCC#N)cc2)c2nc3ccc(C)cc3s2)cc1. The number of amides is 1. The zero-order chi connectivity index (χ0) is 29.4. The molecule has 0 aliphatic carbocycles. The van der Waals surface area contributed by atoms with Gasteiger partial charge in [-0.25, -0.2) is 13.4 Å². The summed E-state index contributed by atoms with van der Waals surface area (Å²) < 4.78 is 33.6. The predicted octanol–water partition coefficient (Wildman–Crippen LogP) is 5.11. The van der Waals surface area contributed by atoms with Gasteiger partial charge < -0.3 is 4.74 Å². The van der Waals surface area contributed by atoms with Crippen molar-refractivity contribution >= 4 is 48.8 Å². The predicted molar refractivity (Wildman–Crippen MR) is 157 cm³/mol. The summed E-state index contributed by atoms with van der Waals surface area (Å²) in [7, 11) is -2.40. The van der Waals surface area contributed by atoms with Gasteiger partial charge in [0.1, 0.15) is 5.75 Å². The molecule has 208 valence electrons. The van der Waals surface area contributed by atoms with Crippen LogP contribution in [0, 0.1) is 29.6 Å². The summed E-state index contributed by atoms with van der Waals surface area (Å²) in [5.74, 6) is 0.186. The van der Waals surface area contributed by atoms with Crippen LogP contribution in [-0.4, -0.2) is 50.0 Å². The highest BCUT2D eigenvalue weighted by molar-refractivity contribution is 7.89. The van der Waals surface area contributed by atoms with Gasteiger partial charge in [-0.3, -0.25) is 4.79 Å². The van der Waals surface area contributed by atoms with E-state index < -0.39 is 15.9 Å². The average Bonchev–Trinajstić information content (AvgIpc) is 3.40. The number of fused-ring (bicyclic) bond motifs is 1. The maximum absolute atomic E-state index is 13.7. The summed E-state index contributed by atoms with van der Waals surface area (Å²) in [6.07, 6.45) is 1.52. The van der Waals surface area contributed by atoms with Gasteiger partial charge in [0.05, 0.1) is 40.6 Å². The Kier molecular flexibility index (Phi) is 9.42. The monoisotopic (exact) mass is 586 g/mol. The van der Waals surface area contributed by atoms with Gasteiger partial charge >= 0.3 is 0 Å². The number of thiazole rings is 1. The summed E-state index contributed by atoms with van der Waals surface area (Å²) in [6, 6.07) is 22.3. The van der Waals surface area contributed by atoms with Crippen molar-refractivity contribution < 1.29 is 17.9 Å². The Morgan fingerprint density at radius 3 is 2.29 bits per heavy atom. The first kappa shape index (κ1) is 29.4. The molecule has 0 saturated carbocycles. The van der Waals surface area contributed by atoms with E-state index in [1.807, 2.05) is 37.3 Å². The molecule has 0 saturated heterocycles. The van der Waals surface area contributed by atoms with Crippen LogP contribution in [0.3, 0.4) is 0 Å². The third kappa shape index (κ3) is 6.94. The van der Waals surface area contributed by atoms with Crippen molar-refractivity contribution in [3.05, 3.63) is 83.4 Å². The van der Waals surface area contributed by atoms with Crippen LogP contribution in [0.15, 0.2) is 76.7 Å². The topological polar surface area (TPSA) is 140 Å². The van der Waals surface area contributed by atoms with Gasteiger partial charge in [-0.15, -0.1) is 0 Å². The number of hydrazone groups is 1. The number of rotatable bonds is 11. The molecule has 0 fully saturated rings. The number of hydrogen-bond donors (Lipinski definition) is 0. The third-order valence-corrected chi connectivity index (χ3v) is 8.94. The van der Waals surface area contributed by atoms with Gasteiger partial charge in [-0.05, 0) is 78.7 Å². The molecule has 0 bridgehead atoms. The minimum atomic E-state index is -3.98.